The number of hydrogen-bond donors (Lipinski definition) is 0. The lowest BCUT2D eigenvalue weighted by Gasteiger charge is -2.15. The van der Waals surface area contributed by atoms with Gasteiger partial charge in [-0.2, -0.15) is 5.26 Å². The molecule has 0 spiro atoms. The van der Waals surface area contributed by atoms with Gasteiger partial charge in [-0.1, -0.05) is 34.0 Å². The van der Waals surface area contributed by atoms with Crippen LogP contribution in [0.3, 0.4) is 0 Å². The Morgan fingerprint density at radius 1 is 1.25 bits per heavy atom. The lowest BCUT2D eigenvalue weighted by Crippen LogP contribution is -2.18. The van der Waals surface area contributed by atoms with Gasteiger partial charge in [-0.3, -0.25) is 0 Å². The molecule has 0 saturated heterocycles. The van der Waals surface area contributed by atoms with Crippen LogP contribution in [-0.4, -0.2) is 19.0 Å². The highest BCUT2D eigenvalue weighted by Gasteiger charge is 2.23. The standard InChI is InChI=1S/C13H13BrN2/c1-13(10-15,8-9-16(2)3)11-4-6-12(14)7-5-11/h4-7H,1-3H3. The molecule has 1 aromatic rings. The molecule has 0 aliphatic heterocycles. The van der Waals surface area contributed by atoms with Crippen LogP contribution in [0.5, 0.6) is 0 Å². The summed E-state index contributed by atoms with van der Waals surface area (Å²) in [6.45, 7) is 1.83. The van der Waals surface area contributed by atoms with Crippen molar-refractivity contribution in [3.8, 4) is 18.0 Å². The second-order valence-electron chi connectivity index (χ2n) is 3.87. The van der Waals surface area contributed by atoms with Crippen molar-refractivity contribution in [1.82, 2.24) is 4.90 Å². The molecule has 2 nitrogen and oxygen atoms in total. The number of benzene rings is 1. The van der Waals surface area contributed by atoms with E-state index in [9.17, 15) is 5.26 Å². The Morgan fingerprint density at radius 3 is 2.25 bits per heavy atom. The minimum Gasteiger partial charge on any atom is -0.339 e. The average Bonchev–Trinajstić information content (AvgIpc) is 2.27. The molecule has 0 heterocycles. The predicted octanol–water partition coefficient (Wildman–Crippen LogP) is 2.75. The van der Waals surface area contributed by atoms with E-state index in [1.165, 1.54) is 0 Å². The van der Waals surface area contributed by atoms with Crippen molar-refractivity contribution in [1.29, 1.82) is 5.26 Å². The minimum absolute atomic E-state index is 0.759. The summed E-state index contributed by atoms with van der Waals surface area (Å²) in [7, 11) is 3.71. The summed E-state index contributed by atoms with van der Waals surface area (Å²) >= 11 is 3.37. The second-order valence-corrected chi connectivity index (χ2v) is 4.79. The molecule has 0 bridgehead atoms. The molecule has 1 unspecified atom stereocenters. The lowest BCUT2D eigenvalue weighted by molar-refractivity contribution is 0.593. The fourth-order valence-electron chi connectivity index (χ4n) is 1.17. The van der Waals surface area contributed by atoms with Crippen LogP contribution >= 0.6 is 15.9 Å². The second kappa shape index (κ2) is 5.05. The number of rotatable bonds is 1. The molecule has 0 aliphatic carbocycles. The average molecular weight is 277 g/mol. The van der Waals surface area contributed by atoms with Gasteiger partial charge < -0.3 is 4.90 Å². The molecular formula is C13H13BrN2. The van der Waals surface area contributed by atoms with E-state index in [2.05, 4.69) is 34.0 Å². The number of hydrogen-bond acceptors (Lipinski definition) is 2. The third kappa shape index (κ3) is 3.02. The smallest absolute Gasteiger partial charge is 0.141 e. The van der Waals surface area contributed by atoms with Gasteiger partial charge in [0.15, 0.2) is 0 Å². The van der Waals surface area contributed by atoms with Crippen molar-refractivity contribution >= 4 is 15.9 Å². The SMILES string of the molecule is CN(C)C#CC(C)(C#N)c1ccc(Br)cc1. The molecule has 0 fully saturated rings. The highest BCUT2D eigenvalue weighted by molar-refractivity contribution is 9.10. The highest BCUT2D eigenvalue weighted by Crippen LogP contribution is 2.23. The zero-order chi connectivity index (χ0) is 12.2. The first-order valence-corrected chi connectivity index (χ1v) is 5.64. The molecule has 1 atom stereocenters. The van der Waals surface area contributed by atoms with Crippen molar-refractivity contribution in [2.75, 3.05) is 14.1 Å². The van der Waals surface area contributed by atoms with Crippen molar-refractivity contribution in [3.05, 3.63) is 34.3 Å². The first kappa shape index (κ1) is 12.6. The van der Waals surface area contributed by atoms with Crippen LogP contribution in [0, 0.1) is 23.3 Å². The van der Waals surface area contributed by atoms with Crippen molar-refractivity contribution in [2.45, 2.75) is 12.3 Å². The first-order chi connectivity index (χ1) is 7.48. The first-order valence-electron chi connectivity index (χ1n) is 4.85. The number of nitriles is 1. The topological polar surface area (TPSA) is 27.0 Å². The fourth-order valence-corrected chi connectivity index (χ4v) is 1.44. The summed E-state index contributed by atoms with van der Waals surface area (Å²) in [6.07, 6.45) is 0. The lowest BCUT2D eigenvalue weighted by atomic mass is 9.85. The summed E-state index contributed by atoms with van der Waals surface area (Å²) in [5, 5.41) is 9.24. The van der Waals surface area contributed by atoms with Crippen LogP contribution < -0.4 is 0 Å². The molecule has 0 radical (unpaired) electrons. The van der Waals surface area contributed by atoms with Crippen LogP contribution in [0.25, 0.3) is 0 Å². The van der Waals surface area contributed by atoms with E-state index in [-0.39, 0.29) is 0 Å². The molecule has 0 amide bonds. The minimum atomic E-state index is -0.759. The molecule has 0 N–H and O–H groups in total. The summed E-state index contributed by atoms with van der Waals surface area (Å²) in [5.74, 6) is 2.98. The van der Waals surface area contributed by atoms with Crippen LogP contribution in [0.1, 0.15) is 12.5 Å². The molecule has 82 valence electrons. The zero-order valence-corrected chi connectivity index (χ0v) is 11.2. The van der Waals surface area contributed by atoms with Crippen LogP contribution in [0.15, 0.2) is 28.7 Å². The van der Waals surface area contributed by atoms with Crippen molar-refractivity contribution in [2.24, 2.45) is 0 Å². The molecule has 1 rings (SSSR count). The molecule has 0 aromatic heterocycles. The van der Waals surface area contributed by atoms with Gasteiger partial charge in [0, 0.05) is 24.6 Å². The van der Waals surface area contributed by atoms with Gasteiger partial charge in [0.1, 0.15) is 5.41 Å². The maximum absolute atomic E-state index is 9.24. The third-order valence-electron chi connectivity index (χ3n) is 2.17. The highest BCUT2D eigenvalue weighted by atomic mass is 79.9. The summed E-state index contributed by atoms with van der Waals surface area (Å²) in [5.41, 5.74) is 0.151. The van der Waals surface area contributed by atoms with E-state index >= 15 is 0 Å². The Hall–Kier alpha value is -1.45. The summed E-state index contributed by atoms with van der Waals surface area (Å²) in [6, 6.07) is 12.8. The Balaban J connectivity index is 3.13. The third-order valence-corrected chi connectivity index (χ3v) is 2.70. The monoisotopic (exact) mass is 276 g/mol. The van der Waals surface area contributed by atoms with E-state index in [0.717, 1.165) is 10.0 Å². The number of nitrogens with zero attached hydrogens (tertiary/aromatic N) is 2. The van der Waals surface area contributed by atoms with Gasteiger partial charge in [0.05, 0.1) is 6.07 Å². The van der Waals surface area contributed by atoms with E-state index < -0.39 is 5.41 Å². The normalized spacial score (nSPS) is 12.9. The van der Waals surface area contributed by atoms with Gasteiger partial charge in [-0.25, -0.2) is 0 Å². The van der Waals surface area contributed by atoms with E-state index in [0.29, 0.717) is 0 Å². The van der Waals surface area contributed by atoms with Crippen LogP contribution in [-0.2, 0) is 5.41 Å². The van der Waals surface area contributed by atoms with E-state index in [1.54, 1.807) is 4.90 Å². The van der Waals surface area contributed by atoms with Crippen molar-refractivity contribution < 1.29 is 0 Å². The molecule has 16 heavy (non-hydrogen) atoms. The maximum atomic E-state index is 9.24. The maximum Gasteiger partial charge on any atom is 0.141 e. The van der Waals surface area contributed by atoms with Crippen molar-refractivity contribution in [3.63, 3.8) is 0 Å². The van der Waals surface area contributed by atoms with Crippen LogP contribution in [0.4, 0.5) is 0 Å². The molecule has 1 aromatic carbocycles. The summed E-state index contributed by atoms with van der Waals surface area (Å²) in [4.78, 5) is 1.74. The Bertz CT molecular complexity index is 459. The van der Waals surface area contributed by atoms with Gasteiger partial charge in [-0.15, -0.1) is 0 Å². The molecule has 0 aliphatic rings. The van der Waals surface area contributed by atoms with Gasteiger partial charge in [0.2, 0.25) is 0 Å². The Labute approximate surface area is 105 Å². The zero-order valence-electron chi connectivity index (χ0n) is 9.58. The van der Waals surface area contributed by atoms with Gasteiger partial charge in [-0.05, 0) is 24.6 Å². The Morgan fingerprint density at radius 2 is 1.81 bits per heavy atom. The molecular weight excluding hydrogens is 264 g/mol. The quantitative estimate of drug-likeness (QED) is 0.583. The van der Waals surface area contributed by atoms with Gasteiger partial charge in [0.25, 0.3) is 0 Å². The van der Waals surface area contributed by atoms with Gasteiger partial charge >= 0.3 is 0 Å². The number of halogens is 1. The van der Waals surface area contributed by atoms with Crippen LogP contribution in [0.2, 0.25) is 0 Å². The largest absolute Gasteiger partial charge is 0.339 e. The molecule has 0 saturated carbocycles. The molecule has 3 heteroatoms. The Kier molecular flexibility index (Phi) is 3.99. The van der Waals surface area contributed by atoms with E-state index in [1.807, 2.05) is 45.3 Å². The summed E-state index contributed by atoms with van der Waals surface area (Å²) < 4.78 is 0.997. The predicted molar refractivity (Wildman–Crippen MR) is 68.6 cm³/mol. The fraction of sp³-hybridized carbons (Fsp3) is 0.308. The van der Waals surface area contributed by atoms with E-state index in [4.69, 9.17) is 0 Å².